The molecule has 0 spiro atoms. The van der Waals surface area contributed by atoms with Crippen LogP contribution >= 0.6 is 0 Å². The van der Waals surface area contributed by atoms with E-state index in [1.54, 1.807) is 36.7 Å². The molecule has 0 aliphatic heterocycles. The first kappa shape index (κ1) is 9.16. The van der Waals surface area contributed by atoms with Crippen molar-refractivity contribution in [2.75, 3.05) is 0 Å². The highest BCUT2D eigenvalue weighted by molar-refractivity contribution is 5.30. The summed E-state index contributed by atoms with van der Waals surface area (Å²) in [6.07, 6.45) is 4.79. The topological polar surface area (TPSA) is 58.8 Å². The van der Waals surface area contributed by atoms with E-state index in [1.807, 2.05) is 6.07 Å². The fourth-order valence-electron chi connectivity index (χ4n) is 1.05. The van der Waals surface area contributed by atoms with E-state index in [4.69, 9.17) is 10.00 Å². The van der Waals surface area contributed by atoms with Crippen LogP contribution in [0.25, 0.3) is 0 Å². The lowest BCUT2D eigenvalue weighted by Crippen LogP contribution is -1.87. The zero-order chi connectivity index (χ0) is 10.5. The van der Waals surface area contributed by atoms with Crippen LogP contribution in [0.3, 0.4) is 0 Å². The summed E-state index contributed by atoms with van der Waals surface area (Å²) in [5.74, 6) is 1.23. The Hall–Kier alpha value is -2.41. The van der Waals surface area contributed by atoms with Crippen molar-refractivity contribution >= 4 is 0 Å². The lowest BCUT2D eigenvalue weighted by atomic mass is 10.3. The number of pyridine rings is 2. The van der Waals surface area contributed by atoms with Crippen molar-refractivity contribution in [3.63, 3.8) is 0 Å². The third-order valence-electron chi connectivity index (χ3n) is 1.72. The number of nitrogens with zero attached hydrogens (tertiary/aromatic N) is 3. The van der Waals surface area contributed by atoms with Gasteiger partial charge in [0.15, 0.2) is 0 Å². The Morgan fingerprint density at radius 1 is 1.13 bits per heavy atom. The largest absolute Gasteiger partial charge is 0.454 e. The molecule has 2 aromatic heterocycles. The molecule has 0 fully saturated rings. The van der Waals surface area contributed by atoms with Gasteiger partial charge in [0.1, 0.15) is 23.3 Å². The van der Waals surface area contributed by atoms with Gasteiger partial charge in [0.25, 0.3) is 0 Å². The molecule has 2 heterocycles. The van der Waals surface area contributed by atoms with Crippen LogP contribution in [0.5, 0.6) is 11.5 Å². The summed E-state index contributed by atoms with van der Waals surface area (Å²) >= 11 is 0. The van der Waals surface area contributed by atoms with Crippen molar-refractivity contribution in [1.29, 1.82) is 5.26 Å². The number of ether oxygens (including phenoxy) is 1. The fraction of sp³-hybridized carbons (Fsp3) is 0. The average molecular weight is 197 g/mol. The molecular formula is C11H7N3O. The second kappa shape index (κ2) is 4.20. The van der Waals surface area contributed by atoms with Crippen LogP contribution in [0.1, 0.15) is 5.69 Å². The van der Waals surface area contributed by atoms with Gasteiger partial charge < -0.3 is 4.74 Å². The van der Waals surface area contributed by atoms with Crippen LogP contribution in [0.15, 0.2) is 42.9 Å². The Morgan fingerprint density at radius 3 is 2.60 bits per heavy atom. The molecular weight excluding hydrogens is 190 g/mol. The molecule has 0 aromatic carbocycles. The molecule has 15 heavy (non-hydrogen) atoms. The SMILES string of the molecule is N#Cc1ccc(Oc2cccnc2)cn1. The van der Waals surface area contributed by atoms with Crippen LogP contribution in [0.4, 0.5) is 0 Å². The maximum absolute atomic E-state index is 8.55. The first-order valence-electron chi connectivity index (χ1n) is 4.32. The van der Waals surface area contributed by atoms with Gasteiger partial charge in [0, 0.05) is 6.20 Å². The minimum absolute atomic E-state index is 0.369. The highest BCUT2D eigenvalue weighted by atomic mass is 16.5. The highest BCUT2D eigenvalue weighted by Crippen LogP contribution is 2.18. The number of nitriles is 1. The molecule has 0 N–H and O–H groups in total. The number of hydrogen-bond acceptors (Lipinski definition) is 4. The van der Waals surface area contributed by atoms with Gasteiger partial charge in [-0.05, 0) is 24.3 Å². The van der Waals surface area contributed by atoms with E-state index in [9.17, 15) is 0 Å². The molecule has 0 bridgehead atoms. The first-order valence-corrected chi connectivity index (χ1v) is 4.32. The summed E-state index contributed by atoms with van der Waals surface area (Å²) in [5, 5.41) is 8.55. The zero-order valence-corrected chi connectivity index (χ0v) is 7.79. The second-order valence-electron chi connectivity index (χ2n) is 2.78. The predicted octanol–water partition coefficient (Wildman–Crippen LogP) is 2.14. The van der Waals surface area contributed by atoms with Crippen molar-refractivity contribution in [2.24, 2.45) is 0 Å². The Balaban J connectivity index is 2.16. The van der Waals surface area contributed by atoms with Gasteiger partial charge in [0.2, 0.25) is 0 Å². The predicted molar refractivity (Wildman–Crippen MR) is 53.3 cm³/mol. The summed E-state index contributed by atoms with van der Waals surface area (Å²) in [5.41, 5.74) is 0.369. The van der Waals surface area contributed by atoms with Crippen LogP contribution in [-0.2, 0) is 0 Å². The maximum Gasteiger partial charge on any atom is 0.145 e. The van der Waals surface area contributed by atoms with Gasteiger partial charge in [-0.25, -0.2) is 4.98 Å². The molecule has 0 amide bonds. The lowest BCUT2D eigenvalue weighted by molar-refractivity contribution is 0.478. The van der Waals surface area contributed by atoms with Crippen molar-refractivity contribution in [1.82, 2.24) is 9.97 Å². The quantitative estimate of drug-likeness (QED) is 0.740. The number of hydrogen-bond donors (Lipinski definition) is 0. The molecule has 0 radical (unpaired) electrons. The highest BCUT2D eigenvalue weighted by Gasteiger charge is 1.97. The van der Waals surface area contributed by atoms with Crippen LogP contribution in [-0.4, -0.2) is 9.97 Å². The Labute approximate surface area is 86.8 Å². The number of rotatable bonds is 2. The van der Waals surface area contributed by atoms with E-state index in [0.29, 0.717) is 17.2 Å². The zero-order valence-electron chi connectivity index (χ0n) is 7.79. The van der Waals surface area contributed by atoms with Crippen molar-refractivity contribution in [3.8, 4) is 17.6 Å². The van der Waals surface area contributed by atoms with Gasteiger partial charge in [-0.15, -0.1) is 0 Å². The van der Waals surface area contributed by atoms with Crippen molar-refractivity contribution in [3.05, 3.63) is 48.5 Å². The Morgan fingerprint density at radius 2 is 2.00 bits per heavy atom. The lowest BCUT2D eigenvalue weighted by Gasteiger charge is -2.03. The Kier molecular flexibility index (Phi) is 2.56. The van der Waals surface area contributed by atoms with Gasteiger partial charge in [0.05, 0.1) is 12.4 Å². The van der Waals surface area contributed by atoms with Crippen molar-refractivity contribution in [2.45, 2.75) is 0 Å². The third kappa shape index (κ3) is 2.29. The van der Waals surface area contributed by atoms with E-state index in [-0.39, 0.29) is 0 Å². The normalized spacial score (nSPS) is 9.27. The first-order chi connectivity index (χ1) is 7.38. The maximum atomic E-state index is 8.55. The monoisotopic (exact) mass is 197 g/mol. The minimum atomic E-state index is 0.369. The summed E-state index contributed by atoms with van der Waals surface area (Å²) in [6, 6.07) is 8.82. The Bertz CT molecular complexity index is 473. The van der Waals surface area contributed by atoms with Gasteiger partial charge >= 0.3 is 0 Å². The smallest absolute Gasteiger partial charge is 0.145 e. The molecule has 4 nitrogen and oxygen atoms in total. The number of aromatic nitrogens is 2. The van der Waals surface area contributed by atoms with Gasteiger partial charge in [-0.3, -0.25) is 4.98 Å². The summed E-state index contributed by atoms with van der Waals surface area (Å²) in [7, 11) is 0. The molecule has 2 rings (SSSR count). The molecule has 0 aliphatic rings. The molecule has 0 aliphatic carbocycles. The van der Waals surface area contributed by atoms with Crippen LogP contribution in [0.2, 0.25) is 0 Å². The van der Waals surface area contributed by atoms with Gasteiger partial charge in [-0.2, -0.15) is 5.26 Å². The van der Waals surface area contributed by atoms with Crippen molar-refractivity contribution < 1.29 is 4.74 Å². The van der Waals surface area contributed by atoms with E-state index < -0.39 is 0 Å². The molecule has 72 valence electrons. The van der Waals surface area contributed by atoms with Gasteiger partial charge in [-0.1, -0.05) is 0 Å². The molecule has 0 saturated carbocycles. The molecule has 2 aromatic rings. The van der Waals surface area contributed by atoms with E-state index in [1.165, 1.54) is 6.20 Å². The van der Waals surface area contributed by atoms with Crippen LogP contribution in [0, 0.1) is 11.3 Å². The van der Waals surface area contributed by atoms with E-state index in [2.05, 4.69) is 9.97 Å². The van der Waals surface area contributed by atoms with E-state index >= 15 is 0 Å². The fourth-order valence-corrected chi connectivity index (χ4v) is 1.05. The average Bonchev–Trinajstić information content (AvgIpc) is 2.31. The standard InChI is InChI=1S/C11H7N3O/c12-6-9-3-4-11(8-14-9)15-10-2-1-5-13-7-10/h1-5,7-8H. The van der Waals surface area contributed by atoms with Crippen LogP contribution < -0.4 is 4.74 Å². The minimum Gasteiger partial charge on any atom is -0.454 e. The summed E-state index contributed by atoms with van der Waals surface area (Å²) in [4.78, 5) is 7.80. The summed E-state index contributed by atoms with van der Waals surface area (Å²) in [6.45, 7) is 0. The molecule has 0 atom stereocenters. The third-order valence-corrected chi connectivity index (χ3v) is 1.72. The molecule has 0 unspecified atom stereocenters. The second-order valence-corrected chi connectivity index (χ2v) is 2.78. The molecule has 4 heteroatoms. The van der Waals surface area contributed by atoms with E-state index in [0.717, 1.165) is 0 Å². The molecule has 0 saturated heterocycles. The summed E-state index contributed by atoms with van der Waals surface area (Å²) < 4.78 is 5.44.